The molecule has 3 fully saturated rings. The van der Waals surface area contributed by atoms with Crippen molar-refractivity contribution >= 4 is 0 Å². The smallest absolute Gasteiger partial charge is 0.333 e. The molecule has 5 rings (SSSR count). The molecule has 33 heavy (non-hydrogen) atoms. The van der Waals surface area contributed by atoms with Crippen LogP contribution in [-0.4, -0.2) is 57.3 Å². The third-order valence-electron chi connectivity index (χ3n) is 7.79. The second kappa shape index (κ2) is 10.9. The van der Waals surface area contributed by atoms with E-state index in [4.69, 9.17) is 4.74 Å². The number of likely N-dealkylation sites (tertiary alicyclic amines) is 1. The number of nitrogens with one attached hydrogen (secondary N) is 1. The van der Waals surface area contributed by atoms with Gasteiger partial charge in [0.05, 0.1) is 11.9 Å². The Morgan fingerprint density at radius 3 is 2.45 bits per heavy atom. The first kappa shape index (κ1) is 22.7. The summed E-state index contributed by atoms with van der Waals surface area (Å²) in [5.74, 6) is 0.657. The Hall–Kier alpha value is -2.12. The van der Waals surface area contributed by atoms with E-state index in [1.165, 1.54) is 51.7 Å². The quantitative estimate of drug-likeness (QED) is 0.656. The van der Waals surface area contributed by atoms with Gasteiger partial charge >= 0.3 is 5.69 Å². The molecule has 1 aliphatic heterocycles. The minimum atomic E-state index is 0.0303. The van der Waals surface area contributed by atoms with E-state index in [0.717, 1.165) is 50.8 Å². The van der Waals surface area contributed by atoms with Crippen LogP contribution in [0.25, 0.3) is 5.69 Å². The minimum Gasteiger partial charge on any atom is -0.474 e. The highest BCUT2D eigenvalue weighted by molar-refractivity contribution is 5.31. The van der Waals surface area contributed by atoms with Gasteiger partial charge in [0, 0.05) is 43.6 Å². The van der Waals surface area contributed by atoms with Crippen molar-refractivity contribution < 1.29 is 4.74 Å². The molecular weight excluding hydrogens is 414 g/mol. The summed E-state index contributed by atoms with van der Waals surface area (Å²) in [5.41, 5.74) is 0.827. The molecule has 3 heterocycles. The Bertz CT molecular complexity index is 917. The highest BCUT2D eigenvalue weighted by Crippen LogP contribution is 2.28. The van der Waals surface area contributed by atoms with E-state index in [0.29, 0.717) is 18.0 Å². The summed E-state index contributed by atoms with van der Waals surface area (Å²) < 4.78 is 9.58. The Kier molecular flexibility index (Phi) is 7.47. The van der Waals surface area contributed by atoms with Crippen molar-refractivity contribution in [3.63, 3.8) is 0 Å². The number of piperidine rings is 1. The number of pyridine rings is 1. The SMILES string of the molecule is O=c1n(-c2ccc(OC3CCCC3)nc2)ccn1C1CCC(NCCN2CCCCC2)CC1. The lowest BCUT2D eigenvalue weighted by Crippen LogP contribution is -2.41. The van der Waals surface area contributed by atoms with Crippen LogP contribution in [0.3, 0.4) is 0 Å². The fourth-order valence-electron chi connectivity index (χ4n) is 5.79. The molecule has 0 radical (unpaired) electrons. The van der Waals surface area contributed by atoms with Crippen molar-refractivity contribution in [3.8, 4) is 11.6 Å². The summed E-state index contributed by atoms with van der Waals surface area (Å²) in [6, 6.07) is 4.70. The fraction of sp³-hybridized carbons (Fsp3) is 0.692. The largest absolute Gasteiger partial charge is 0.474 e. The Morgan fingerprint density at radius 2 is 1.73 bits per heavy atom. The molecule has 7 heteroatoms. The van der Waals surface area contributed by atoms with Crippen molar-refractivity contribution in [1.82, 2.24) is 24.3 Å². The average Bonchev–Trinajstić information content (AvgIpc) is 3.51. The fourth-order valence-corrected chi connectivity index (χ4v) is 5.79. The van der Waals surface area contributed by atoms with Gasteiger partial charge in [0.2, 0.25) is 5.88 Å². The molecule has 1 saturated heterocycles. The predicted molar refractivity (Wildman–Crippen MR) is 130 cm³/mol. The summed E-state index contributed by atoms with van der Waals surface area (Å²) in [7, 11) is 0. The van der Waals surface area contributed by atoms with Crippen LogP contribution in [0.15, 0.2) is 35.5 Å². The van der Waals surface area contributed by atoms with Gasteiger partial charge in [-0.3, -0.25) is 9.13 Å². The lowest BCUT2D eigenvalue weighted by molar-refractivity contribution is 0.201. The molecule has 3 aliphatic rings. The third kappa shape index (κ3) is 5.69. The molecule has 0 unspecified atom stereocenters. The number of hydrogen-bond donors (Lipinski definition) is 1. The highest BCUT2D eigenvalue weighted by atomic mass is 16.5. The summed E-state index contributed by atoms with van der Waals surface area (Å²) in [6.45, 7) is 4.78. The van der Waals surface area contributed by atoms with E-state index in [2.05, 4.69) is 15.2 Å². The number of ether oxygens (including phenoxy) is 1. The van der Waals surface area contributed by atoms with E-state index in [9.17, 15) is 4.79 Å². The van der Waals surface area contributed by atoms with Crippen molar-refractivity contribution in [2.75, 3.05) is 26.2 Å². The molecule has 0 atom stereocenters. The summed E-state index contributed by atoms with van der Waals surface area (Å²) in [4.78, 5) is 20.1. The Labute approximate surface area is 197 Å². The number of nitrogens with zero attached hydrogens (tertiary/aromatic N) is 4. The maximum absolute atomic E-state index is 13.1. The van der Waals surface area contributed by atoms with E-state index in [1.54, 1.807) is 10.8 Å². The monoisotopic (exact) mass is 453 g/mol. The molecule has 1 N–H and O–H groups in total. The van der Waals surface area contributed by atoms with Gasteiger partial charge in [-0.2, -0.15) is 0 Å². The zero-order chi connectivity index (χ0) is 22.5. The van der Waals surface area contributed by atoms with Crippen molar-refractivity contribution in [2.45, 2.75) is 88.8 Å². The number of hydrogen-bond acceptors (Lipinski definition) is 5. The van der Waals surface area contributed by atoms with E-state index in [1.807, 2.05) is 29.1 Å². The molecule has 0 aromatic carbocycles. The molecule has 2 aromatic rings. The van der Waals surface area contributed by atoms with Crippen LogP contribution >= 0.6 is 0 Å². The minimum absolute atomic E-state index is 0.0303. The molecule has 2 aliphatic carbocycles. The van der Waals surface area contributed by atoms with Crippen LogP contribution in [0.5, 0.6) is 5.88 Å². The first-order valence-electron chi connectivity index (χ1n) is 13.1. The zero-order valence-electron chi connectivity index (χ0n) is 19.8. The molecule has 0 spiro atoms. The van der Waals surface area contributed by atoms with Crippen LogP contribution in [-0.2, 0) is 0 Å². The van der Waals surface area contributed by atoms with Gasteiger partial charge in [-0.1, -0.05) is 6.42 Å². The second-order valence-electron chi connectivity index (χ2n) is 10.1. The van der Waals surface area contributed by atoms with E-state index < -0.39 is 0 Å². The summed E-state index contributed by atoms with van der Waals surface area (Å²) in [5, 5.41) is 3.76. The van der Waals surface area contributed by atoms with Crippen LogP contribution < -0.4 is 15.7 Å². The van der Waals surface area contributed by atoms with Gasteiger partial charge in [-0.05, 0) is 83.4 Å². The number of rotatable bonds is 8. The van der Waals surface area contributed by atoms with Crippen LogP contribution in [0.2, 0.25) is 0 Å². The number of aromatic nitrogens is 3. The van der Waals surface area contributed by atoms with Crippen LogP contribution in [0.4, 0.5) is 0 Å². The van der Waals surface area contributed by atoms with E-state index in [-0.39, 0.29) is 11.7 Å². The Morgan fingerprint density at radius 1 is 0.939 bits per heavy atom. The van der Waals surface area contributed by atoms with Gasteiger partial charge < -0.3 is 15.0 Å². The topological polar surface area (TPSA) is 64.3 Å². The van der Waals surface area contributed by atoms with Crippen molar-refractivity contribution in [2.24, 2.45) is 0 Å². The molecule has 0 amide bonds. The van der Waals surface area contributed by atoms with Crippen LogP contribution in [0, 0.1) is 0 Å². The maximum atomic E-state index is 13.1. The second-order valence-corrected chi connectivity index (χ2v) is 10.1. The van der Waals surface area contributed by atoms with Crippen molar-refractivity contribution in [1.29, 1.82) is 0 Å². The van der Waals surface area contributed by atoms with Gasteiger partial charge in [0.25, 0.3) is 0 Å². The first-order chi connectivity index (χ1) is 16.3. The highest BCUT2D eigenvalue weighted by Gasteiger charge is 2.24. The lowest BCUT2D eigenvalue weighted by Gasteiger charge is -2.31. The van der Waals surface area contributed by atoms with Crippen LogP contribution in [0.1, 0.15) is 76.7 Å². The maximum Gasteiger partial charge on any atom is 0.333 e. The standard InChI is InChI=1S/C26H39N5O2/c32-26-30(22-10-8-21(9-11-22)27-14-17-29-15-4-1-5-16-29)18-19-31(26)23-12-13-25(28-20-23)33-24-6-2-3-7-24/h12-13,18-22,24,27H,1-11,14-17H2. The van der Waals surface area contributed by atoms with Crippen molar-refractivity contribution in [3.05, 3.63) is 41.2 Å². The Balaban J connectivity index is 1.12. The molecule has 7 nitrogen and oxygen atoms in total. The molecule has 2 saturated carbocycles. The van der Waals surface area contributed by atoms with Gasteiger partial charge in [-0.25, -0.2) is 9.78 Å². The molecule has 180 valence electrons. The number of imidazole rings is 1. The summed E-state index contributed by atoms with van der Waals surface area (Å²) >= 11 is 0. The van der Waals surface area contributed by atoms with Gasteiger partial charge in [0.15, 0.2) is 0 Å². The molecule has 2 aromatic heterocycles. The molecular formula is C26H39N5O2. The average molecular weight is 454 g/mol. The van der Waals surface area contributed by atoms with Gasteiger partial charge in [-0.15, -0.1) is 0 Å². The summed E-state index contributed by atoms with van der Waals surface area (Å²) in [6.07, 6.45) is 19.0. The lowest BCUT2D eigenvalue weighted by atomic mass is 9.91. The first-order valence-corrected chi connectivity index (χ1v) is 13.1. The molecule has 0 bridgehead atoms. The zero-order valence-corrected chi connectivity index (χ0v) is 19.8. The van der Waals surface area contributed by atoms with E-state index >= 15 is 0 Å². The normalized spacial score (nSPS) is 24.8. The predicted octanol–water partition coefficient (Wildman–Crippen LogP) is 3.91. The van der Waals surface area contributed by atoms with Gasteiger partial charge in [0.1, 0.15) is 6.10 Å². The third-order valence-corrected chi connectivity index (χ3v) is 7.79.